The number of pyridine rings is 2. The van der Waals surface area contributed by atoms with Crippen LogP contribution in [0.3, 0.4) is 0 Å². The topological polar surface area (TPSA) is 93.2 Å². The van der Waals surface area contributed by atoms with Gasteiger partial charge in [-0.1, -0.05) is 6.92 Å². The lowest BCUT2D eigenvalue weighted by Gasteiger charge is -2.16. The number of nitrogens with one attached hydrogen (secondary N) is 2. The number of anilines is 1. The summed E-state index contributed by atoms with van der Waals surface area (Å²) in [5.41, 5.74) is 1.63. The first-order valence-corrected chi connectivity index (χ1v) is 8.74. The monoisotopic (exact) mass is 392 g/mol. The fourth-order valence-corrected chi connectivity index (χ4v) is 2.35. The van der Waals surface area contributed by atoms with Gasteiger partial charge in [0.1, 0.15) is 5.82 Å². The van der Waals surface area contributed by atoms with Crippen LogP contribution in [0.1, 0.15) is 47.8 Å². The maximum absolute atomic E-state index is 12.5. The molecule has 2 N–H and O–H groups in total. The van der Waals surface area contributed by atoms with Crippen LogP contribution in [0.5, 0.6) is 5.88 Å². The van der Waals surface area contributed by atoms with Gasteiger partial charge in [-0.25, -0.2) is 18.7 Å². The third kappa shape index (κ3) is 5.97. The average molecular weight is 392 g/mol. The fraction of sp³-hybridized carbons (Fsp3) is 0.368. The van der Waals surface area contributed by atoms with Crippen molar-refractivity contribution in [3.05, 3.63) is 47.3 Å². The number of halogens is 2. The quantitative estimate of drug-likeness (QED) is 0.719. The Balaban J connectivity index is 2.05. The standard InChI is InChI=1S/C19H22F2N4O3/c1-4-17(26)25-16-8-13(5-6-22-16)18(27)24-12(3)14-7-11(2)19(23-9-14)28-10-15(20)21/h5-9,12,15H,4,10H2,1-3H3,(H,24,27)(H,22,25,26). The number of hydrogen-bond acceptors (Lipinski definition) is 5. The van der Waals surface area contributed by atoms with Gasteiger partial charge in [0.25, 0.3) is 12.3 Å². The Morgan fingerprint density at radius 3 is 2.64 bits per heavy atom. The summed E-state index contributed by atoms with van der Waals surface area (Å²) in [6.07, 6.45) is 0.633. The number of amides is 2. The number of nitrogens with zero attached hydrogens (tertiary/aromatic N) is 2. The molecule has 0 aliphatic carbocycles. The van der Waals surface area contributed by atoms with Gasteiger partial charge in [0, 0.05) is 29.9 Å². The molecular weight excluding hydrogens is 370 g/mol. The van der Waals surface area contributed by atoms with E-state index >= 15 is 0 Å². The summed E-state index contributed by atoms with van der Waals surface area (Å²) in [4.78, 5) is 32.0. The number of ether oxygens (including phenoxy) is 1. The summed E-state index contributed by atoms with van der Waals surface area (Å²) in [5, 5.41) is 5.42. The zero-order valence-electron chi connectivity index (χ0n) is 15.8. The Morgan fingerprint density at radius 2 is 2.00 bits per heavy atom. The van der Waals surface area contributed by atoms with Gasteiger partial charge in [-0.3, -0.25) is 9.59 Å². The number of carbonyl (C=O) groups excluding carboxylic acids is 2. The third-order valence-corrected chi connectivity index (χ3v) is 3.86. The second-order valence-corrected chi connectivity index (χ2v) is 6.12. The zero-order valence-corrected chi connectivity index (χ0v) is 15.8. The molecule has 1 unspecified atom stereocenters. The van der Waals surface area contributed by atoms with Crippen LogP contribution in [0, 0.1) is 6.92 Å². The Bertz CT molecular complexity index is 846. The minimum atomic E-state index is -2.58. The first-order valence-electron chi connectivity index (χ1n) is 8.74. The number of aromatic nitrogens is 2. The molecule has 2 amide bonds. The lowest BCUT2D eigenvalue weighted by molar-refractivity contribution is -0.115. The summed E-state index contributed by atoms with van der Waals surface area (Å²) in [6.45, 7) is 4.46. The smallest absolute Gasteiger partial charge is 0.272 e. The third-order valence-electron chi connectivity index (χ3n) is 3.86. The maximum atomic E-state index is 12.5. The van der Waals surface area contributed by atoms with Crippen LogP contribution in [0.15, 0.2) is 30.6 Å². The molecule has 150 valence electrons. The van der Waals surface area contributed by atoms with Gasteiger partial charge in [-0.2, -0.15) is 0 Å². The van der Waals surface area contributed by atoms with Crippen LogP contribution in [-0.4, -0.2) is 34.8 Å². The molecule has 2 aromatic heterocycles. The van der Waals surface area contributed by atoms with E-state index in [2.05, 4.69) is 20.6 Å². The van der Waals surface area contributed by atoms with E-state index in [1.54, 1.807) is 26.8 Å². The number of carbonyl (C=O) groups is 2. The summed E-state index contributed by atoms with van der Waals surface area (Å²) in [6, 6.07) is 4.36. The zero-order chi connectivity index (χ0) is 20.7. The normalized spacial score (nSPS) is 11.8. The van der Waals surface area contributed by atoms with Crippen molar-refractivity contribution >= 4 is 17.6 Å². The highest BCUT2D eigenvalue weighted by molar-refractivity contribution is 5.96. The molecule has 0 fully saturated rings. The molecule has 7 nitrogen and oxygen atoms in total. The molecule has 9 heteroatoms. The largest absolute Gasteiger partial charge is 0.471 e. The van der Waals surface area contributed by atoms with Crippen LogP contribution < -0.4 is 15.4 Å². The molecule has 2 heterocycles. The predicted octanol–water partition coefficient (Wildman–Crippen LogP) is 3.27. The van der Waals surface area contributed by atoms with Crippen LogP contribution in [0.2, 0.25) is 0 Å². The second-order valence-electron chi connectivity index (χ2n) is 6.12. The van der Waals surface area contributed by atoms with Gasteiger partial charge < -0.3 is 15.4 Å². The predicted molar refractivity (Wildman–Crippen MR) is 99.5 cm³/mol. The van der Waals surface area contributed by atoms with Gasteiger partial charge in [-0.15, -0.1) is 0 Å². The first kappa shape index (κ1) is 21.2. The highest BCUT2D eigenvalue weighted by atomic mass is 19.3. The van der Waals surface area contributed by atoms with Crippen molar-refractivity contribution in [1.82, 2.24) is 15.3 Å². The van der Waals surface area contributed by atoms with E-state index in [-0.39, 0.29) is 23.7 Å². The van der Waals surface area contributed by atoms with E-state index in [0.29, 0.717) is 28.9 Å². The Labute approximate surface area is 161 Å². The molecule has 2 rings (SSSR count). The van der Waals surface area contributed by atoms with Crippen molar-refractivity contribution < 1.29 is 23.1 Å². The van der Waals surface area contributed by atoms with Crippen molar-refractivity contribution in [1.29, 1.82) is 0 Å². The van der Waals surface area contributed by atoms with E-state index in [1.807, 2.05) is 0 Å². The van der Waals surface area contributed by atoms with Gasteiger partial charge in [0.15, 0.2) is 6.61 Å². The number of alkyl halides is 2. The van der Waals surface area contributed by atoms with Crippen LogP contribution in [0.4, 0.5) is 14.6 Å². The molecular formula is C19H22F2N4O3. The molecule has 0 saturated carbocycles. The molecule has 0 spiro atoms. The number of rotatable bonds is 8. The Kier molecular flexibility index (Phi) is 7.36. The molecule has 2 aromatic rings. The minimum Gasteiger partial charge on any atom is -0.471 e. The van der Waals surface area contributed by atoms with Crippen molar-refractivity contribution in [2.75, 3.05) is 11.9 Å². The lowest BCUT2D eigenvalue weighted by Crippen LogP contribution is -2.27. The van der Waals surface area contributed by atoms with Gasteiger partial charge in [0.2, 0.25) is 11.8 Å². The summed E-state index contributed by atoms with van der Waals surface area (Å²) >= 11 is 0. The Hall–Kier alpha value is -3.10. The minimum absolute atomic E-state index is 0.132. The molecule has 0 bridgehead atoms. The molecule has 0 aliphatic heterocycles. The van der Waals surface area contributed by atoms with Crippen molar-refractivity contribution in [3.8, 4) is 5.88 Å². The summed E-state index contributed by atoms with van der Waals surface area (Å²) in [7, 11) is 0. The lowest BCUT2D eigenvalue weighted by atomic mass is 10.1. The van der Waals surface area contributed by atoms with Crippen LogP contribution in [-0.2, 0) is 4.79 Å². The van der Waals surface area contributed by atoms with Gasteiger partial charge >= 0.3 is 0 Å². The summed E-state index contributed by atoms with van der Waals surface area (Å²) < 4.78 is 29.5. The molecule has 28 heavy (non-hydrogen) atoms. The molecule has 1 atom stereocenters. The maximum Gasteiger partial charge on any atom is 0.272 e. The van der Waals surface area contributed by atoms with E-state index < -0.39 is 13.0 Å². The summed E-state index contributed by atoms with van der Waals surface area (Å²) in [5.74, 6) is -0.120. The molecule has 0 aliphatic rings. The van der Waals surface area contributed by atoms with E-state index in [9.17, 15) is 18.4 Å². The molecule has 0 aromatic carbocycles. The average Bonchev–Trinajstić information content (AvgIpc) is 2.66. The van der Waals surface area contributed by atoms with Gasteiger partial charge in [0.05, 0.1) is 6.04 Å². The second kappa shape index (κ2) is 9.72. The van der Waals surface area contributed by atoms with E-state index in [0.717, 1.165) is 0 Å². The fourth-order valence-electron chi connectivity index (χ4n) is 2.35. The molecule has 0 saturated heterocycles. The van der Waals surface area contributed by atoms with Crippen LogP contribution >= 0.6 is 0 Å². The first-order chi connectivity index (χ1) is 13.3. The highest BCUT2D eigenvalue weighted by Gasteiger charge is 2.15. The SMILES string of the molecule is CCC(=O)Nc1cc(C(=O)NC(C)c2cnc(OCC(F)F)c(C)c2)ccn1. The van der Waals surface area contributed by atoms with E-state index in [1.165, 1.54) is 24.5 Å². The van der Waals surface area contributed by atoms with Crippen LogP contribution in [0.25, 0.3) is 0 Å². The van der Waals surface area contributed by atoms with Crippen molar-refractivity contribution in [2.24, 2.45) is 0 Å². The number of aryl methyl sites for hydroxylation is 1. The highest BCUT2D eigenvalue weighted by Crippen LogP contribution is 2.20. The van der Waals surface area contributed by atoms with Crippen molar-refractivity contribution in [2.45, 2.75) is 39.7 Å². The van der Waals surface area contributed by atoms with E-state index in [4.69, 9.17) is 4.74 Å². The molecule has 0 radical (unpaired) electrons. The van der Waals surface area contributed by atoms with Gasteiger partial charge in [-0.05, 0) is 37.6 Å². The number of hydrogen-bond donors (Lipinski definition) is 2. The van der Waals surface area contributed by atoms with Crippen molar-refractivity contribution in [3.63, 3.8) is 0 Å². The Morgan fingerprint density at radius 1 is 1.25 bits per heavy atom.